The number of benzene rings is 3. The van der Waals surface area contributed by atoms with E-state index in [9.17, 15) is 0 Å². The minimum atomic E-state index is 0.961. The molecule has 0 bridgehead atoms. The minimum Gasteiger partial charge on any atom is -0.455 e. The molecule has 3 nitrogen and oxygen atoms in total. The molecule has 0 amide bonds. The molecule has 5 rings (SSSR count). The Morgan fingerprint density at radius 2 is 1.62 bits per heavy atom. The van der Waals surface area contributed by atoms with Crippen LogP contribution in [0.1, 0.15) is 11.3 Å². The number of aryl methyl sites for hydroxylation is 3. The molecule has 3 aromatic carbocycles. The van der Waals surface area contributed by atoms with Crippen molar-refractivity contribution in [3.8, 4) is 11.3 Å². The van der Waals surface area contributed by atoms with Crippen molar-refractivity contribution < 1.29 is 8.98 Å². The molecule has 2 aromatic heterocycles. The molecule has 0 saturated heterocycles. The van der Waals surface area contributed by atoms with E-state index in [1.54, 1.807) is 0 Å². The Kier molecular flexibility index (Phi) is 3.13. The van der Waals surface area contributed by atoms with E-state index in [1.807, 2.05) is 20.3 Å². The molecular weight excluding hydrogens is 320 g/mol. The summed E-state index contributed by atoms with van der Waals surface area (Å²) in [4.78, 5) is 4.37. The van der Waals surface area contributed by atoms with Crippen LogP contribution in [0.5, 0.6) is 0 Å². The number of aromatic nitrogens is 2. The van der Waals surface area contributed by atoms with Gasteiger partial charge >= 0.3 is 0 Å². The van der Waals surface area contributed by atoms with Crippen LogP contribution in [0.3, 0.4) is 0 Å². The van der Waals surface area contributed by atoms with Gasteiger partial charge in [-0.05, 0) is 30.5 Å². The van der Waals surface area contributed by atoms with E-state index in [1.165, 1.54) is 21.7 Å². The summed E-state index contributed by atoms with van der Waals surface area (Å²) < 4.78 is 8.46. The zero-order chi connectivity index (χ0) is 17.8. The second kappa shape index (κ2) is 5.40. The number of hydrogen-bond acceptors (Lipinski definition) is 2. The maximum Gasteiger partial charge on any atom is 0.286 e. The van der Waals surface area contributed by atoms with Crippen molar-refractivity contribution >= 4 is 32.7 Å². The Hall–Kier alpha value is -3.20. The van der Waals surface area contributed by atoms with Gasteiger partial charge in [0.1, 0.15) is 16.9 Å². The lowest BCUT2D eigenvalue weighted by molar-refractivity contribution is -0.663. The van der Waals surface area contributed by atoms with Crippen LogP contribution in [0.25, 0.3) is 44.0 Å². The fourth-order valence-electron chi connectivity index (χ4n) is 3.82. The van der Waals surface area contributed by atoms with Crippen molar-refractivity contribution in [2.45, 2.75) is 13.8 Å². The van der Waals surface area contributed by atoms with Gasteiger partial charge in [0.15, 0.2) is 5.69 Å². The van der Waals surface area contributed by atoms with Crippen LogP contribution in [-0.4, -0.2) is 4.98 Å². The molecule has 0 aliphatic carbocycles. The second-order valence-corrected chi connectivity index (χ2v) is 6.91. The van der Waals surface area contributed by atoms with Crippen LogP contribution in [0.15, 0.2) is 65.3 Å². The molecule has 2 heterocycles. The van der Waals surface area contributed by atoms with Gasteiger partial charge in [-0.3, -0.25) is 0 Å². The van der Waals surface area contributed by atoms with Gasteiger partial charge in [-0.1, -0.05) is 35.3 Å². The van der Waals surface area contributed by atoms with Gasteiger partial charge in [0.2, 0.25) is 0 Å². The monoisotopic (exact) mass is 339 g/mol. The lowest BCUT2D eigenvalue weighted by Crippen LogP contribution is -2.31. The molecule has 0 aliphatic heterocycles. The van der Waals surface area contributed by atoms with Gasteiger partial charge in [-0.2, -0.15) is 0 Å². The van der Waals surface area contributed by atoms with Gasteiger partial charge in [0, 0.05) is 40.3 Å². The number of furan rings is 1. The summed E-state index contributed by atoms with van der Waals surface area (Å²) in [5, 5.41) is 4.70. The number of rotatable bonds is 1. The van der Waals surface area contributed by atoms with Gasteiger partial charge in [-0.15, -0.1) is 0 Å². The highest BCUT2D eigenvalue weighted by Crippen LogP contribution is 2.37. The van der Waals surface area contributed by atoms with E-state index < -0.39 is 0 Å². The third kappa shape index (κ3) is 2.07. The fraction of sp³-hybridized carbons (Fsp3) is 0.130. The Morgan fingerprint density at radius 3 is 2.50 bits per heavy atom. The standard InChI is InChI=1S/C23H19N2O/c1-14-12-21(25(3)13-24-14)17-10-11-19-20-9-8-16-6-4-5-7-18(16)23(20)26-22(19)15(17)2/h4-13H,1-3H3/q+1. The quantitative estimate of drug-likeness (QED) is 0.391. The first-order valence-corrected chi connectivity index (χ1v) is 8.80. The highest BCUT2D eigenvalue weighted by atomic mass is 16.3. The molecule has 0 saturated carbocycles. The fourth-order valence-corrected chi connectivity index (χ4v) is 3.82. The van der Waals surface area contributed by atoms with Crippen molar-refractivity contribution in [1.82, 2.24) is 4.98 Å². The lowest BCUT2D eigenvalue weighted by Gasteiger charge is -2.07. The van der Waals surface area contributed by atoms with Crippen molar-refractivity contribution in [1.29, 1.82) is 0 Å². The molecule has 5 aromatic rings. The Balaban J connectivity index is 1.87. The lowest BCUT2D eigenvalue weighted by atomic mass is 10.00. The van der Waals surface area contributed by atoms with Crippen molar-refractivity contribution in [2.75, 3.05) is 0 Å². The smallest absolute Gasteiger partial charge is 0.286 e. The molecular formula is C23H19N2O+. The summed E-state index contributed by atoms with van der Waals surface area (Å²) in [6, 6.07) is 19.2. The highest BCUT2D eigenvalue weighted by Gasteiger charge is 2.17. The Bertz CT molecular complexity index is 1310. The summed E-state index contributed by atoms with van der Waals surface area (Å²) in [6.45, 7) is 4.16. The van der Waals surface area contributed by atoms with E-state index in [0.717, 1.165) is 33.5 Å². The molecule has 3 heteroatoms. The maximum atomic E-state index is 6.40. The van der Waals surface area contributed by atoms with Crippen LogP contribution < -0.4 is 4.57 Å². The average Bonchev–Trinajstić information content (AvgIpc) is 3.04. The zero-order valence-electron chi connectivity index (χ0n) is 15.1. The first kappa shape index (κ1) is 15.1. The molecule has 0 N–H and O–H groups in total. The molecule has 0 aliphatic rings. The van der Waals surface area contributed by atoms with Crippen molar-refractivity contribution in [2.24, 2.45) is 7.05 Å². The van der Waals surface area contributed by atoms with Gasteiger partial charge in [-0.25, -0.2) is 4.57 Å². The molecule has 0 fully saturated rings. The van der Waals surface area contributed by atoms with Gasteiger partial charge in [0.25, 0.3) is 6.33 Å². The summed E-state index contributed by atoms with van der Waals surface area (Å²) in [6.07, 6.45) is 1.86. The Morgan fingerprint density at radius 1 is 0.846 bits per heavy atom. The van der Waals surface area contributed by atoms with E-state index in [4.69, 9.17) is 4.42 Å². The molecule has 126 valence electrons. The van der Waals surface area contributed by atoms with Crippen LogP contribution in [0.4, 0.5) is 0 Å². The van der Waals surface area contributed by atoms with Crippen LogP contribution in [0, 0.1) is 13.8 Å². The first-order chi connectivity index (χ1) is 12.6. The molecule has 0 atom stereocenters. The van der Waals surface area contributed by atoms with Gasteiger partial charge in [0.05, 0.1) is 7.05 Å². The number of nitrogens with zero attached hydrogens (tertiary/aromatic N) is 2. The largest absolute Gasteiger partial charge is 0.455 e. The normalized spacial score (nSPS) is 11.7. The highest BCUT2D eigenvalue weighted by molar-refractivity contribution is 6.15. The van der Waals surface area contributed by atoms with E-state index in [0.29, 0.717) is 0 Å². The summed E-state index contributed by atoms with van der Waals surface area (Å²) in [5.74, 6) is 0. The van der Waals surface area contributed by atoms with Crippen LogP contribution in [0.2, 0.25) is 0 Å². The Labute approximate surface area is 151 Å². The molecule has 0 unspecified atom stereocenters. The molecule has 26 heavy (non-hydrogen) atoms. The van der Waals surface area contributed by atoms with Crippen molar-refractivity contribution in [3.63, 3.8) is 0 Å². The average molecular weight is 339 g/mol. The van der Waals surface area contributed by atoms with Crippen LogP contribution in [-0.2, 0) is 7.05 Å². The summed E-state index contributed by atoms with van der Waals surface area (Å²) in [5.41, 5.74) is 6.41. The minimum absolute atomic E-state index is 0.961. The van der Waals surface area contributed by atoms with E-state index in [2.05, 4.69) is 71.1 Å². The third-order valence-electron chi connectivity index (χ3n) is 5.22. The second-order valence-electron chi connectivity index (χ2n) is 6.91. The van der Waals surface area contributed by atoms with Gasteiger partial charge < -0.3 is 4.42 Å². The summed E-state index contributed by atoms with van der Waals surface area (Å²) in [7, 11) is 2.03. The predicted octanol–water partition coefficient (Wildman–Crippen LogP) is 5.24. The first-order valence-electron chi connectivity index (χ1n) is 8.80. The zero-order valence-corrected chi connectivity index (χ0v) is 15.1. The third-order valence-corrected chi connectivity index (χ3v) is 5.22. The van der Waals surface area contributed by atoms with E-state index >= 15 is 0 Å². The number of fused-ring (bicyclic) bond motifs is 5. The summed E-state index contributed by atoms with van der Waals surface area (Å²) >= 11 is 0. The molecule has 0 spiro atoms. The SMILES string of the molecule is Cc1cc(-c2ccc3c(oc4c5ccccc5ccc34)c2C)[n+](C)cn1. The molecule has 0 radical (unpaired) electrons. The van der Waals surface area contributed by atoms with Crippen molar-refractivity contribution in [3.05, 3.63) is 72.2 Å². The topological polar surface area (TPSA) is 29.9 Å². The predicted molar refractivity (Wildman–Crippen MR) is 105 cm³/mol. The van der Waals surface area contributed by atoms with E-state index in [-0.39, 0.29) is 0 Å². The van der Waals surface area contributed by atoms with Crippen LogP contribution >= 0.6 is 0 Å². The maximum absolute atomic E-state index is 6.40. The number of hydrogen-bond donors (Lipinski definition) is 0.